The van der Waals surface area contributed by atoms with Crippen molar-refractivity contribution in [2.45, 2.75) is 64.5 Å². The average molecular weight is 297 g/mol. The number of nitrogens with one attached hydrogen (secondary N) is 1. The SMILES string of the molecule is CCC(C)(CCCl)NS(=O)(=O)N1CCCCC1C. The third-order valence-electron chi connectivity index (χ3n) is 3.85. The van der Waals surface area contributed by atoms with Crippen LogP contribution in [0.4, 0.5) is 0 Å². The fourth-order valence-electron chi connectivity index (χ4n) is 2.31. The number of nitrogens with zero attached hydrogens (tertiary/aromatic N) is 1. The first-order valence-corrected chi connectivity index (χ1v) is 8.69. The highest BCUT2D eigenvalue weighted by Crippen LogP contribution is 2.23. The van der Waals surface area contributed by atoms with Crippen LogP contribution in [0.3, 0.4) is 0 Å². The Bertz CT molecular complexity index is 361. The molecule has 0 aromatic rings. The summed E-state index contributed by atoms with van der Waals surface area (Å²) in [6.07, 6.45) is 4.39. The zero-order valence-electron chi connectivity index (χ0n) is 11.6. The molecule has 1 aliphatic rings. The van der Waals surface area contributed by atoms with Crippen LogP contribution in [-0.2, 0) is 10.2 Å². The number of rotatable bonds is 6. The molecule has 1 aliphatic heterocycles. The highest BCUT2D eigenvalue weighted by molar-refractivity contribution is 7.87. The molecule has 1 N–H and O–H groups in total. The second-order valence-corrected chi connectivity index (χ2v) is 7.42. The molecular formula is C12H25ClN2O2S. The second kappa shape index (κ2) is 6.55. The van der Waals surface area contributed by atoms with Crippen LogP contribution in [0.15, 0.2) is 0 Å². The third-order valence-corrected chi connectivity index (χ3v) is 5.95. The summed E-state index contributed by atoms with van der Waals surface area (Å²) in [5, 5.41) is 0. The molecular weight excluding hydrogens is 272 g/mol. The molecule has 0 bridgehead atoms. The molecule has 1 rings (SSSR count). The minimum absolute atomic E-state index is 0.0911. The monoisotopic (exact) mass is 296 g/mol. The number of halogens is 1. The van der Waals surface area contributed by atoms with Gasteiger partial charge in [-0.3, -0.25) is 0 Å². The van der Waals surface area contributed by atoms with Crippen molar-refractivity contribution in [2.75, 3.05) is 12.4 Å². The molecule has 2 unspecified atom stereocenters. The van der Waals surface area contributed by atoms with E-state index in [1.165, 1.54) is 0 Å². The van der Waals surface area contributed by atoms with Gasteiger partial charge in [-0.25, -0.2) is 0 Å². The van der Waals surface area contributed by atoms with Crippen LogP contribution in [0.5, 0.6) is 0 Å². The van der Waals surface area contributed by atoms with E-state index in [-0.39, 0.29) is 6.04 Å². The highest BCUT2D eigenvalue weighted by Gasteiger charge is 2.34. The van der Waals surface area contributed by atoms with Gasteiger partial charge < -0.3 is 0 Å². The van der Waals surface area contributed by atoms with Gasteiger partial charge in [-0.2, -0.15) is 17.4 Å². The molecule has 1 fully saturated rings. The van der Waals surface area contributed by atoms with Crippen LogP contribution < -0.4 is 4.72 Å². The van der Waals surface area contributed by atoms with Crippen LogP contribution >= 0.6 is 11.6 Å². The zero-order valence-corrected chi connectivity index (χ0v) is 13.1. The van der Waals surface area contributed by atoms with Gasteiger partial charge in [0.1, 0.15) is 0 Å². The summed E-state index contributed by atoms with van der Waals surface area (Å²) >= 11 is 5.76. The molecule has 0 spiro atoms. The predicted molar refractivity (Wildman–Crippen MR) is 76.1 cm³/mol. The lowest BCUT2D eigenvalue weighted by atomic mass is 9.97. The molecule has 0 aromatic heterocycles. The molecule has 6 heteroatoms. The number of hydrogen-bond donors (Lipinski definition) is 1. The topological polar surface area (TPSA) is 49.4 Å². The molecule has 18 heavy (non-hydrogen) atoms. The molecule has 0 radical (unpaired) electrons. The van der Waals surface area contributed by atoms with Crippen LogP contribution in [0.2, 0.25) is 0 Å². The molecule has 2 atom stereocenters. The predicted octanol–water partition coefficient (Wildman–Crippen LogP) is 2.49. The van der Waals surface area contributed by atoms with Crippen LogP contribution in [0, 0.1) is 0 Å². The lowest BCUT2D eigenvalue weighted by molar-refractivity contribution is 0.256. The van der Waals surface area contributed by atoms with E-state index < -0.39 is 15.7 Å². The standard InChI is InChI=1S/C12H25ClN2O2S/c1-4-12(3,8-9-13)14-18(16,17)15-10-6-5-7-11(15)2/h11,14H,4-10H2,1-3H3. The quantitative estimate of drug-likeness (QED) is 0.766. The second-order valence-electron chi connectivity index (χ2n) is 5.42. The van der Waals surface area contributed by atoms with Crippen LogP contribution in [-0.4, -0.2) is 36.7 Å². The van der Waals surface area contributed by atoms with Crippen molar-refractivity contribution in [2.24, 2.45) is 0 Å². The Labute approximate surface area is 116 Å². The van der Waals surface area contributed by atoms with E-state index in [2.05, 4.69) is 4.72 Å². The summed E-state index contributed by atoms with van der Waals surface area (Å²) in [4.78, 5) is 0. The zero-order chi connectivity index (χ0) is 13.8. The average Bonchev–Trinajstić information content (AvgIpc) is 2.29. The van der Waals surface area contributed by atoms with Gasteiger partial charge in [0.05, 0.1) is 0 Å². The summed E-state index contributed by atoms with van der Waals surface area (Å²) in [6, 6.07) is 0.0911. The van der Waals surface area contributed by atoms with E-state index in [1.54, 1.807) is 4.31 Å². The fraction of sp³-hybridized carbons (Fsp3) is 1.00. The van der Waals surface area contributed by atoms with Gasteiger partial charge in [0, 0.05) is 24.0 Å². The molecule has 4 nitrogen and oxygen atoms in total. The summed E-state index contributed by atoms with van der Waals surface area (Å²) in [6.45, 7) is 6.50. The van der Waals surface area contributed by atoms with Gasteiger partial charge >= 0.3 is 0 Å². The number of hydrogen-bond acceptors (Lipinski definition) is 2. The van der Waals surface area contributed by atoms with Crippen LogP contribution in [0.25, 0.3) is 0 Å². The van der Waals surface area contributed by atoms with Crippen molar-refractivity contribution < 1.29 is 8.42 Å². The van der Waals surface area contributed by atoms with E-state index in [4.69, 9.17) is 11.6 Å². The smallest absolute Gasteiger partial charge is 0.196 e. The van der Waals surface area contributed by atoms with Crippen molar-refractivity contribution in [3.8, 4) is 0 Å². The third kappa shape index (κ3) is 4.08. The summed E-state index contributed by atoms with van der Waals surface area (Å²) < 4.78 is 29.3. The van der Waals surface area contributed by atoms with Gasteiger partial charge in [-0.15, -0.1) is 11.6 Å². The van der Waals surface area contributed by atoms with E-state index in [0.717, 1.165) is 25.7 Å². The first kappa shape index (κ1) is 16.2. The van der Waals surface area contributed by atoms with Gasteiger partial charge in [0.15, 0.2) is 0 Å². The summed E-state index contributed by atoms with van der Waals surface area (Å²) in [5.74, 6) is 0.461. The Morgan fingerprint density at radius 3 is 2.61 bits per heavy atom. The highest BCUT2D eigenvalue weighted by atomic mass is 35.5. The van der Waals surface area contributed by atoms with Gasteiger partial charge in [0.2, 0.25) is 0 Å². The van der Waals surface area contributed by atoms with Crippen LogP contribution in [0.1, 0.15) is 52.9 Å². The van der Waals surface area contributed by atoms with Gasteiger partial charge in [-0.05, 0) is 39.5 Å². The van der Waals surface area contributed by atoms with Crippen molar-refractivity contribution in [3.63, 3.8) is 0 Å². The maximum Gasteiger partial charge on any atom is 0.280 e. The Morgan fingerprint density at radius 1 is 1.44 bits per heavy atom. The van der Waals surface area contributed by atoms with Crippen molar-refractivity contribution in [3.05, 3.63) is 0 Å². The maximum absolute atomic E-state index is 12.4. The maximum atomic E-state index is 12.4. The Hall–Kier alpha value is 0.160. The van der Waals surface area contributed by atoms with E-state index in [9.17, 15) is 8.42 Å². The molecule has 1 saturated heterocycles. The molecule has 0 amide bonds. The van der Waals surface area contributed by atoms with Crippen molar-refractivity contribution >= 4 is 21.8 Å². The Morgan fingerprint density at radius 2 is 2.11 bits per heavy atom. The molecule has 1 heterocycles. The van der Waals surface area contributed by atoms with Crippen molar-refractivity contribution in [1.29, 1.82) is 0 Å². The number of piperidine rings is 1. The van der Waals surface area contributed by atoms with E-state index in [0.29, 0.717) is 18.8 Å². The van der Waals surface area contributed by atoms with Crippen molar-refractivity contribution in [1.82, 2.24) is 9.03 Å². The largest absolute Gasteiger partial charge is 0.280 e. The van der Waals surface area contributed by atoms with E-state index in [1.807, 2.05) is 20.8 Å². The fourth-order valence-corrected chi connectivity index (χ4v) is 4.66. The minimum atomic E-state index is -3.40. The lowest BCUT2D eigenvalue weighted by Gasteiger charge is -2.36. The molecule has 0 saturated carbocycles. The summed E-state index contributed by atoms with van der Waals surface area (Å²) in [7, 11) is -3.40. The number of alkyl halides is 1. The first-order chi connectivity index (χ1) is 8.34. The molecule has 0 aliphatic carbocycles. The Kier molecular flexibility index (Phi) is 5.90. The minimum Gasteiger partial charge on any atom is -0.196 e. The normalized spacial score (nSPS) is 25.9. The first-order valence-electron chi connectivity index (χ1n) is 6.71. The van der Waals surface area contributed by atoms with Gasteiger partial charge in [-0.1, -0.05) is 13.3 Å². The molecule has 0 aromatic carbocycles. The Balaban J connectivity index is 2.79. The summed E-state index contributed by atoms with van der Waals surface area (Å²) in [5.41, 5.74) is -0.447. The van der Waals surface area contributed by atoms with Gasteiger partial charge in [0.25, 0.3) is 10.2 Å². The van der Waals surface area contributed by atoms with E-state index >= 15 is 0 Å². The lowest BCUT2D eigenvalue weighted by Crippen LogP contribution is -2.55. The molecule has 108 valence electrons.